The summed E-state index contributed by atoms with van der Waals surface area (Å²) in [4.78, 5) is 14.2. The third-order valence-electron chi connectivity index (χ3n) is 4.46. The molecule has 0 fully saturated rings. The molecule has 2 aromatic carbocycles. The molecule has 152 valence electrons. The van der Waals surface area contributed by atoms with Crippen molar-refractivity contribution in [1.29, 1.82) is 0 Å². The molecule has 0 amide bonds. The zero-order valence-corrected chi connectivity index (χ0v) is 17.5. The van der Waals surface area contributed by atoms with Crippen LogP contribution in [0.2, 0.25) is 4.34 Å². The number of carbonyl (C=O) groups is 1. The summed E-state index contributed by atoms with van der Waals surface area (Å²) in [5.74, 6) is -0.739. The van der Waals surface area contributed by atoms with E-state index < -0.39 is 11.7 Å². The van der Waals surface area contributed by atoms with Crippen LogP contribution in [0.15, 0.2) is 66.7 Å². The molecule has 2 heterocycles. The molecule has 0 saturated carbocycles. The van der Waals surface area contributed by atoms with Crippen molar-refractivity contribution in [2.75, 3.05) is 12.4 Å². The number of thiophene rings is 1. The Labute approximate surface area is 181 Å². The van der Waals surface area contributed by atoms with Gasteiger partial charge in [0, 0.05) is 10.4 Å². The molecule has 0 aliphatic heterocycles. The van der Waals surface area contributed by atoms with Gasteiger partial charge in [-0.2, -0.15) is 9.78 Å². The van der Waals surface area contributed by atoms with E-state index in [4.69, 9.17) is 16.3 Å². The second kappa shape index (κ2) is 8.69. The van der Waals surface area contributed by atoms with Gasteiger partial charge in [0.1, 0.15) is 11.4 Å². The van der Waals surface area contributed by atoms with Gasteiger partial charge in [0.25, 0.3) is 5.91 Å². The second-order valence-corrected chi connectivity index (χ2v) is 8.15. The van der Waals surface area contributed by atoms with E-state index in [0.717, 1.165) is 9.56 Å². The van der Waals surface area contributed by atoms with Gasteiger partial charge in [-0.25, -0.2) is 4.39 Å². The zero-order chi connectivity index (χ0) is 21.1. The van der Waals surface area contributed by atoms with E-state index in [-0.39, 0.29) is 17.1 Å². The van der Waals surface area contributed by atoms with Crippen LogP contribution < -0.4 is 10.1 Å². The lowest BCUT2D eigenvalue weighted by Crippen LogP contribution is -2.18. The highest BCUT2D eigenvalue weighted by Gasteiger charge is 2.25. The molecule has 0 spiro atoms. The summed E-state index contributed by atoms with van der Waals surface area (Å²) in [6, 6.07) is 19.3. The molecule has 0 unspecified atom stereocenters. The predicted molar refractivity (Wildman–Crippen MR) is 117 cm³/mol. The van der Waals surface area contributed by atoms with Crippen molar-refractivity contribution in [3.63, 3.8) is 0 Å². The molecule has 0 radical (unpaired) electrons. The fraction of sp³-hybridized carbons (Fsp3) is 0.0909. The van der Waals surface area contributed by atoms with E-state index in [9.17, 15) is 4.79 Å². The van der Waals surface area contributed by atoms with Gasteiger partial charge in [-0.15, -0.1) is 11.3 Å². The minimum atomic E-state index is -0.605. The first-order valence-electron chi connectivity index (χ1n) is 9.08. The number of hydrogen-bond donors (Lipinski definition) is 1. The topological polar surface area (TPSA) is 56.2 Å². The smallest absolute Gasteiger partial charge is 0.283 e. The van der Waals surface area contributed by atoms with Crippen LogP contribution in [0.25, 0.3) is 11.3 Å². The van der Waals surface area contributed by atoms with Crippen molar-refractivity contribution in [3.05, 3.63) is 87.3 Å². The molecule has 5 nitrogen and oxygen atoms in total. The zero-order valence-electron chi connectivity index (χ0n) is 15.9. The number of aromatic nitrogens is 2. The summed E-state index contributed by atoms with van der Waals surface area (Å²) in [6.45, 7) is 0.299. The summed E-state index contributed by atoms with van der Waals surface area (Å²) >= 11 is 7.36. The minimum absolute atomic E-state index is 0.0192. The first kappa shape index (κ1) is 20.1. The maximum Gasteiger partial charge on any atom is 0.283 e. The quantitative estimate of drug-likeness (QED) is 0.416. The number of rotatable bonds is 6. The third kappa shape index (κ3) is 3.94. The lowest BCUT2D eigenvalue weighted by Gasteiger charge is -2.10. The Bertz CT molecular complexity index is 1190. The van der Waals surface area contributed by atoms with Crippen molar-refractivity contribution in [1.82, 2.24) is 9.78 Å². The number of anilines is 1. The molecular weight excluding hydrogens is 425 g/mol. The molecule has 8 heteroatoms. The van der Waals surface area contributed by atoms with Crippen molar-refractivity contribution in [2.24, 2.45) is 0 Å². The maximum absolute atomic E-state index is 15.4. The highest BCUT2D eigenvalue weighted by molar-refractivity contribution is 7.16. The fourth-order valence-corrected chi connectivity index (χ4v) is 4.06. The molecular formula is C22H17ClFN3O2S. The lowest BCUT2D eigenvalue weighted by atomic mass is 10.1. The summed E-state index contributed by atoms with van der Waals surface area (Å²) in [6.07, 6.45) is 0. The number of ether oxygens (including phenoxy) is 1. The van der Waals surface area contributed by atoms with Crippen LogP contribution in [-0.2, 0) is 6.54 Å². The molecule has 0 atom stereocenters. The van der Waals surface area contributed by atoms with Gasteiger partial charge in [-0.1, -0.05) is 54.1 Å². The first-order chi connectivity index (χ1) is 14.6. The molecule has 0 aliphatic rings. The van der Waals surface area contributed by atoms with Crippen LogP contribution >= 0.6 is 22.9 Å². The van der Waals surface area contributed by atoms with Crippen LogP contribution in [0.1, 0.15) is 15.2 Å². The number of nitrogens with one attached hydrogen (secondary N) is 1. The Morgan fingerprint density at radius 1 is 1.13 bits per heavy atom. The standard InChI is InChI=1S/C22H17ClFN3O2S/c1-29-17-10-6-5-9-16(17)22(28)27-21(25-13-15-11-12-18(23)30-15)19(24)20(26-27)14-7-3-2-4-8-14/h2-12,25H,13H2,1H3. The number of halogens is 2. The fourth-order valence-electron chi connectivity index (χ4n) is 3.03. The van der Waals surface area contributed by atoms with E-state index in [2.05, 4.69) is 10.4 Å². The average Bonchev–Trinajstić information content (AvgIpc) is 3.35. The van der Waals surface area contributed by atoms with Gasteiger partial charge in [0.2, 0.25) is 0 Å². The van der Waals surface area contributed by atoms with Crippen molar-refractivity contribution in [3.8, 4) is 17.0 Å². The molecule has 4 aromatic rings. The number of nitrogens with zero attached hydrogens (tertiary/aromatic N) is 2. The largest absolute Gasteiger partial charge is 0.496 e. The Kier molecular flexibility index (Phi) is 5.83. The SMILES string of the molecule is COc1ccccc1C(=O)n1nc(-c2ccccc2)c(F)c1NCc1ccc(Cl)s1. The van der Waals surface area contributed by atoms with E-state index in [1.807, 2.05) is 12.1 Å². The van der Waals surface area contributed by atoms with Gasteiger partial charge in [-0.05, 0) is 24.3 Å². The number of methoxy groups -OCH3 is 1. The van der Waals surface area contributed by atoms with E-state index >= 15 is 4.39 Å². The Morgan fingerprint density at radius 2 is 1.87 bits per heavy atom. The van der Waals surface area contributed by atoms with Gasteiger partial charge in [0.05, 0.1) is 23.6 Å². The minimum Gasteiger partial charge on any atom is -0.496 e. The number of hydrogen-bond acceptors (Lipinski definition) is 5. The van der Waals surface area contributed by atoms with Crippen LogP contribution in [-0.4, -0.2) is 22.8 Å². The van der Waals surface area contributed by atoms with Gasteiger partial charge in [0.15, 0.2) is 11.6 Å². The lowest BCUT2D eigenvalue weighted by molar-refractivity contribution is 0.0944. The molecule has 1 N–H and O–H groups in total. The van der Waals surface area contributed by atoms with Crippen LogP contribution in [0.5, 0.6) is 5.75 Å². The summed E-state index contributed by atoms with van der Waals surface area (Å²) in [7, 11) is 1.48. The molecule has 0 bridgehead atoms. The van der Waals surface area contributed by atoms with Crippen molar-refractivity contribution < 1.29 is 13.9 Å². The third-order valence-corrected chi connectivity index (χ3v) is 5.69. The highest BCUT2D eigenvalue weighted by Crippen LogP contribution is 2.30. The molecule has 0 aliphatic carbocycles. The van der Waals surface area contributed by atoms with E-state index in [1.54, 1.807) is 54.6 Å². The van der Waals surface area contributed by atoms with Crippen LogP contribution in [0.4, 0.5) is 10.2 Å². The number of carbonyl (C=O) groups excluding carboxylic acids is 1. The number of benzene rings is 2. The van der Waals surface area contributed by atoms with Gasteiger partial charge >= 0.3 is 0 Å². The van der Waals surface area contributed by atoms with Crippen LogP contribution in [0, 0.1) is 5.82 Å². The average molecular weight is 442 g/mol. The molecule has 0 saturated heterocycles. The first-order valence-corrected chi connectivity index (χ1v) is 10.3. The molecule has 30 heavy (non-hydrogen) atoms. The van der Waals surface area contributed by atoms with Crippen LogP contribution in [0.3, 0.4) is 0 Å². The summed E-state index contributed by atoms with van der Waals surface area (Å²) < 4.78 is 22.4. The van der Waals surface area contributed by atoms with Gasteiger partial charge < -0.3 is 10.1 Å². The monoisotopic (exact) mass is 441 g/mol. The highest BCUT2D eigenvalue weighted by atomic mass is 35.5. The molecule has 2 aromatic heterocycles. The predicted octanol–water partition coefficient (Wildman–Crippen LogP) is 5.71. The summed E-state index contributed by atoms with van der Waals surface area (Å²) in [5.41, 5.74) is 0.943. The van der Waals surface area contributed by atoms with E-state index in [1.165, 1.54) is 18.4 Å². The normalized spacial score (nSPS) is 10.8. The number of para-hydroxylation sites is 1. The second-order valence-electron chi connectivity index (χ2n) is 6.35. The van der Waals surface area contributed by atoms with Crippen molar-refractivity contribution >= 4 is 34.7 Å². The Balaban J connectivity index is 1.78. The van der Waals surface area contributed by atoms with Crippen molar-refractivity contribution in [2.45, 2.75) is 6.54 Å². The Hall–Kier alpha value is -3.16. The maximum atomic E-state index is 15.4. The Morgan fingerprint density at radius 3 is 2.57 bits per heavy atom. The molecule has 4 rings (SSSR count). The van der Waals surface area contributed by atoms with E-state index in [0.29, 0.717) is 22.2 Å². The van der Waals surface area contributed by atoms with Gasteiger partial charge in [-0.3, -0.25) is 4.79 Å². The summed E-state index contributed by atoms with van der Waals surface area (Å²) in [5, 5.41) is 7.31.